The van der Waals surface area contributed by atoms with E-state index in [4.69, 9.17) is 5.11 Å². The zero-order valence-corrected chi connectivity index (χ0v) is 11.1. The van der Waals surface area contributed by atoms with E-state index in [2.05, 4.69) is 12.2 Å². The van der Waals surface area contributed by atoms with Crippen molar-refractivity contribution in [1.29, 1.82) is 0 Å². The number of amides is 1. The minimum absolute atomic E-state index is 0.228. The first kappa shape index (κ1) is 14.5. The lowest BCUT2D eigenvalue weighted by atomic mass is 9.80. The summed E-state index contributed by atoms with van der Waals surface area (Å²) in [7, 11) is 0. The molecule has 2 N–H and O–H groups in total. The number of aliphatic hydroxyl groups is 1. The van der Waals surface area contributed by atoms with E-state index < -0.39 is 0 Å². The summed E-state index contributed by atoms with van der Waals surface area (Å²) in [6.07, 6.45) is 8.62. The van der Waals surface area contributed by atoms with Crippen LogP contribution < -0.4 is 5.32 Å². The Morgan fingerprint density at radius 2 is 1.94 bits per heavy atom. The summed E-state index contributed by atoms with van der Waals surface area (Å²) in [4.78, 5) is 11.9. The van der Waals surface area contributed by atoms with E-state index in [1.54, 1.807) is 0 Å². The maximum atomic E-state index is 11.9. The monoisotopic (exact) mass is 241 g/mol. The highest BCUT2D eigenvalue weighted by Gasteiger charge is 2.25. The number of rotatable bonds is 7. The number of carbonyl (C=O) groups excluding carboxylic acids is 1. The summed E-state index contributed by atoms with van der Waals surface area (Å²) >= 11 is 0. The quantitative estimate of drug-likeness (QED) is 0.673. The van der Waals surface area contributed by atoms with E-state index in [9.17, 15) is 4.79 Å². The topological polar surface area (TPSA) is 49.3 Å². The third kappa shape index (κ3) is 5.53. The number of nitrogens with one attached hydrogen (secondary N) is 1. The molecule has 0 aromatic heterocycles. The van der Waals surface area contributed by atoms with Crippen molar-refractivity contribution >= 4 is 5.91 Å². The molecule has 0 radical (unpaired) electrons. The molecular weight excluding hydrogens is 214 g/mol. The number of aliphatic hydroxyl groups excluding tert-OH is 1. The summed E-state index contributed by atoms with van der Waals surface area (Å²) < 4.78 is 0. The van der Waals surface area contributed by atoms with Crippen LogP contribution in [-0.4, -0.2) is 24.2 Å². The Balaban J connectivity index is 2.12. The van der Waals surface area contributed by atoms with Gasteiger partial charge in [0.15, 0.2) is 0 Å². The van der Waals surface area contributed by atoms with Gasteiger partial charge >= 0.3 is 0 Å². The molecule has 0 aliphatic heterocycles. The average molecular weight is 241 g/mol. The Hall–Kier alpha value is -0.570. The first-order chi connectivity index (χ1) is 8.27. The van der Waals surface area contributed by atoms with Crippen molar-refractivity contribution in [2.45, 2.75) is 58.3 Å². The smallest absolute Gasteiger partial charge is 0.223 e. The zero-order chi connectivity index (χ0) is 12.5. The summed E-state index contributed by atoms with van der Waals surface area (Å²) in [5.74, 6) is 1.12. The molecule has 3 heteroatoms. The number of carbonyl (C=O) groups is 1. The molecule has 0 aromatic carbocycles. The van der Waals surface area contributed by atoms with Gasteiger partial charge in [0.1, 0.15) is 0 Å². The Morgan fingerprint density at radius 3 is 2.53 bits per heavy atom. The first-order valence-electron chi connectivity index (χ1n) is 7.16. The molecule has 1 amide bonds. The van der Waals surface area contributed by atoms with Crippen LogP contribution in [0.1, 0.15) is 58.3 Å². The molecule has 1 saturated carbocycles. The van der Waals surface area contributed by atoms with E-state index in [0.29, 0.717) is 12.5 Å². The summed E-state index contributed by atoms with van der Waals surface area (Å²) in [5.41, 5.74) is 0. The minimum atomic E-state index is 0.228. The van der Waals surface area contributed by atoms with Crippen molar-refractivity contribution in [2.75, 3.05) is 13.2 Å². The van der Waals surface area contributed by atoms with E-state index in [-0.39, 0.29) is 11.8 Å². The molecule has 1 aliphatic rings. The number of hydrogen-bond acceptors (Lipinski definition) is 2. The van der Waals surface area contributed by atoms with Crippen molar-refractivity contribution in [3.63, 3.8) is 0 Å². The fraction of sp³-hybridized carbons (Fsp3) is 0.929. The molecule has 0 saturated heterocycles. The highest BCUT2D eigenvalue weighted by atomic mass is 16.3. The number of unbranched alkanes of at least 4 members (excludes halogenated alkanes) is 2. The third-order valence-electron chi connectivity index (χ3n) is 3.83. The number of hydrogen-bond donors (Lipinski definition) is 2. The Labute approximate surface area is 105 Å². The second kappa shape index (κ2) is 8.51. The fourth-order valence-corrected chi connectivity index (χ4v) is 2.63. The van der Waals surface area contributed by atoms with Crippen LogP contribution in [0.3, 0.4) is 0 Å². The maximum absolute atomic E-state index is 11.9. The average Bonchev–Trinajstić information content (AvgIpc) is 2.36. The Kier molecular flexibility index (Phi) is 7.25. The normalized spacial score (nSPS) is 24.6. The zero-order valence-electron chi connectivity index (χ0n) is 11.1. The van der Waals surface area contributed by atoms with E-state index in [0.717, 1.165) is 45.1 Å². The molecular formula is C14H27NO2. The molecule has 1 aliphatic carbocycles. The maximum Gasteiger partial charge on any atom is 0.223 e. The molecule has 0 heterocycles. The van der Waals surface area contributed by atoms with Gasteiger partial charge in [-0.05, 0) is 44.4 Å². The minimum Gasteiger partial charge on any atom is -0.396 e. The second-order valence-electron chi connectivity index (χ2n) is 5.23. The van der Waals surface area contributed by atoms with Crippen LogP contribution in [0.4, 0.5) is 0 Å². The molecule has 0 aromatic rings. The van der Waals surface area contributed by atoms with Gasteiger partial charge in [-0.1, -0.05) is 19.8 Å². The van der Waals surface area contributed by atoms with E-state index in [1.807, 2.05) is 0 Å². The largest absolute Gasteiger partial charge is 0.396 e. The predicted molar refractivity (Wildman–Crippen MR) is 69.7 cm³/mol. The lowest BCUT2D eigenvalue weighted by Gasteiger charge is -2.27. The van der Waals surface area contributed by atoms with Gasteiger partial charge in [-0.15, -0.1) is 0 Å². The van der Waals surface area contributed by atoms with Gasteiger partial charge in [-0.25, -0.2) is 0 Å². The van der Waals surface area contributed by atoms with Gasteiger partial charge in [0, 0.05) is 19.1 Å². The molecule has 3 nitrogen and oxygen atoms in total. The van der Waals surface area contributed by atoms with Crippen LogP contribution in [0, 0.1) is 11.8 Å². The Bertz CT molecular complexity index is 210. The van der Waals surface area contributed by atoms with Crippen molar-refractivity contribution in [3.8, 4) is 0 Å². The Morgan fingerprint density at radius 1 is 1.24 bits per heavy atom. The van der Waals surface area contributed by atoms with Crippen LogP contribution in [0.15, 0.2) is 0 Å². The molecule has 0 bridgehead atoms. The van der Waals surface area contributed by atoms with Crippen molar-refractivity contribution < 1.29 is 9.90 Å². The predicted octanol–water partition coefficient (Wildman–Crippen LogP) is 2.48. The van der Waals surface area contributed by atoms with Crippen molar-refractivity contribution in [3.05, 3.63) is 0 Å². The fourth-order valence-electron chi connectivity index (χ4n) is 2.63. The molecule has 1 fully saturated rings. The van der Waals surface area contributed by atoms with Crippen LogP contribution in [0.25, 0.3) is 0 Å². The van der Waals surface area contributed by atoms with Gasteiger partial charge in [0.05, 0.1) is 0 Å². The summed E-state index contributed by atoms with van der Waals surface area (Å²) in [5, 5.41) is 11.9. The van der Waals surface area contributed by atoms with Crippen LogP contribution in [0.2, 0.25) is 0 Å². The SMILES string of the molecule is CCCCCNC(=O)C1CCC(CCO)CC1. The standard InChI is InChI=1S/C14H27NO2/c1-2-3-4-10-15-14(17)13-7-5-12(6-8-13)9-11-16/h12-13,16H,2-11H2,1H3,(H,15,17). The highest BCUT2D eigenvalue weighted by molar-refractivity contribution is 5.78. The molecule has 0 spiro atoms. The molecule has 17 heavy (non-hydrogen) atoms. The van der Waals surface area contributed by atoms with Crippen LogP contribution in [0.5, 0.6) is 0 Å². The lowest BCUT2D eigenvalue weighted by Crippen LogP contribution is -2.33. The van der Waals surface area contributed by atoms with E-state index >= 15 is 0 Å². The van der Waals surface area contributed by atoms with Crippen LogP contribution in [-0.2, 0) is 4.79 Å². The molecule has 1 rings (SSSR count). The van der Waals surface area contributed by atoms with Gasteiger partial charge in [-0.2, -0.15) is 0 Å². The van der Waals surface area contributed by atoms with Gasteiger partial charge < -0.3 is 10.4 Å². The first-order valence-corrected chi connectivity index (χ1v) is 7.16. The highest BCUT2D eigenvalue weighted by Crippen LogP contribution is 2.30. The van der Waals surface area contributed by atoms with Gasteiger partial charge in [0.2, 0.25) is 5.91 Å². The molecule has 0 atom stereocenters. The van der Waals surface area contributed by atoms with E-state index in [1.165, 1.54) is 12.8 Å². The summed E-state index contributed by atoms with van der Waals surface area (Å²) in [6.45, 7) is 3.30. The lowest BCUT2D eigenvalue weighted by molar-refractivity contribution is -0.126. The summed E-state index contributed by atoms with van der Waals surface area (Å²) in [6, 6.07) is 0. The van der Waals surface area contributed by atoms with Gasteiger partial charge in [-0.3, -0.25) is 4.79 Å². The van der Waals surface area contributed by atoms with Crippen LogP contribution >= 0.6 is 0 Å². The van der Waals surface area contributed by atoms with Crippen molar-refractivity contribution in [2.24, 2.45) is 11.8 Å². The van der Waals surface area contributed by atoms with Crippen molar-refractivity contribution in [1.82, 2.24) is 5.32 Å². The second-order valence-corrected chi connectivity index (χ2v) is 5.23. The molecule has 0 unspecified atom stereocenters. The van der Waals surface area contributed by atoms with Gasteiger partial charge in [0.25, 0.3) is 0 Å². The molecule has 100 valence electrons. The third-order valence-corrected chi connectivity index (χ3v) is 3.83.